The summed E-state index contributed by atoms with van der Waals surface area (Å²) in [7, 11) is 0. The highest BCUT2D eigenvalue weighted by atomic mass is 16.6. The number of esters is 1. The van der Waals surface area contributed by atoms with Crippen LogP contribution in [0.5, 0.6) is 0 Å². The van der Waals surface area contributed by atoms with Crippen LogP contribution in [0.3, 0.4) is 0 Å². The molecule has 3 aromatic rings. The normalized spacial score (nSPS) is 11.4. The van der Waals surface area contributed by atoms with E-state index in [1.54, 1.807) is 6.92 Å². The SMILES string of the molecule is CCOC(=O)c1c(CO/N=C(/N)c2ccccc2)nc2ccccc2c1C. The number of para-hydroxylation sites is 1. The number of aromatic nitrogens is 1. The molecule has 0 aliphatic heterocycles. The first-order valence-electron chi connectivity index (χ1n) is 8.68. The second-order valence-corrected chi connectivity index (χ2v) is 5.91. The van der Waals surface area contributed by atoms with E-state index in [1.165, 1.54) is 0 Å². The van der Waals surface area contributed by atoms with E-state index in [4.69, 9.17) is 15.3 Å². The lowest BCUT2D eigenvalue weighted by molar-refractivity contribution is 0.0517. The number of rotatable bonds is 6. The molecule has 0 aliphatic rings. The third-order valence-electron chi connectivity index (χ3n) is 4.14. The van der Waals surface area contributed by atoms with E-state index < -0.39 is 5.97 Å². The number of nitrogens with two attached hydrogens (primary N) is 1. The number of carbonyl (C=O) groups is 1. The maximum absolute atomic E-state index is 12.5. The minimum atomic E-state index is -0.424. The molecule has 0 atom stereocenters. The van der Waals surface area contributed by atoms with Gasteiger partial charge in [0.05, 0.1) is 23.4 Å². The lowest BCUT2D eigenvalue weighted by Gasteiger charge is -2.13. The second-order valence-electron chi connectivity index (χ2n) is 5.91. The van der Waals surface area contributed by atoms with Crippen LogP contribution in [-0.4, -0.2) is 23.4 Å². The molecule has 0 saturated carbocycles. The molecule has 1 aromatic heterocycles. The number of aryl methyl sites for hydroxylation is 1. The Balaban J connectivity index is 1.92. The van der Waals surface area contributed by atoms with Crippen molar-refractivity contribution in [1.82, 2.24) is 4.98 Å². The van der Waals surface area contributed by atoms with Crippen LogP contribution in [0.25, 0.3) is 10.9 Å². The highest BCUT2D eigenvalue weighted by molar-refractivity contribution is 5.98. The van der Waals surface area contributed by atoms with E-state index in [-0.39, 0.29) is 19.0 Å². The second kappa shape index (κ2) is 8.31. The molecule has 2 N–H and O–H groups in total. The van der Waals surface area contributed by atoms with Crippen LogP contribution in [0.2, 0.25) is 0 Å². The predicted octanol–water partition coefficient (Wildman–Crippen LogP) is 3.56. The fourth-order valence-electron chi connectivity index (χ4n) is 2.84. The Bertz CT molecular complexity index is 985. The first kappa shape index (κ1) is 18.4. The number of amidine groups is 1. The van der Waals surface area contributed by atoms with E-state index in [9.17, 15) is 4.79 Å². The fourth-order valence-corrected chi connectivity index (χ4v) is 2.84. The average molecular weight is 363 g/mol. The highest BCUT2D eigenvalue weighted by Gasteiger charge is 2.20. The van der Waals surface area contributed by atoms with Crippen LogP contribution >= 0.6 is 0 Å². The number of fused-ring (bicyclic) bond motifs is 1. The molecule has 0 aliphatic carbocycles. The fraction of sp³-hybridized carbons (Fsp3) is 0.190. The van der Waals surface area contributed by atoms with E-state index in [0.717, 1.165) is 22.0 Å². The van der Waals surface area contributed by atoms with Crippen molar-refractivity contribution in [3.63, 3.8) is 0 Å². The number of oxime groups is 1. The molecular weight excluding hydrogens is 342 g/mol. The van der Waals surface area contributed by atoms with Gasteiger partial charge in [0.1, 0.15) is 0 Å². The summed E-state index contributed by atoms with van der Waals surface area (Å²) in [6.45, 7) is 3.93. The molecule has 0 fully saturated rings. The van der Waals surface area contributed by atoms with Crippen molar-refractivity contribution in [2.75, 3.05) is 6.61 Å². The van der Waals surface area contributed by atoms with Gasteiger partial charge >= 0.3 is 5.97 Å². The number of ether oxygens (including phenoxy) is 1. The number of hydrogen-bond acceptors (Lipinski definition) is 5. The number of nitrogens with zero attached hydrogens (tertiary/aromatic N) is 2. The molecule has 0 bridgehead atoms. The molecule has 3 rings (SSSR count). The van der Waals surface area contributed by atoms with E-state index >= 15 is 0 Å². The third kappa shape index (κ3) is 4.06. The zero-order chi connectivity index (χ0) is 19.2. The van der Waals surface area contributed by atoms with Crippen molar-refractivity contribution < 1.29 is 14.4 Å². The molecule has 1 heterocycles. The van der Waals surface area contributed by atoms with Gasteiger partial charge in [-0.15, -0.1) is 0 Å². The molecule has 6 heteroatoms. The number of carbonyl (C=O) groups excluding carboxylic acids is 1. The van der Waals surface area contributed by atoms with Crippen LogP contribution in [0, 0.1) is 6.92 Å². The van der Waals surface area contributed by atoms with Crippen molar-refractivity contribution in [3.05, 3.63) is 77.0 Å². The Kier molecular flexibility index (Phi) is 5.66. The van der Waals surface area contributed by atoms with Gasteiger partial charge in [-0.2, -0.15) is 0 Å². The van der Waals surface area contributed by atoms with E-state index in [2.05, 4.69) is 10.1 Å². The summed E-state index contributed by atoms with van der Waals surface area (Å²) in [4.78, 5) is 22.4. The van der Waals surface area contributed by atoms with Gasteiger partial charge in [0, 0.05) is 10.9 Å². The summed E-state index contributed by atoms with van der Waals surface area (Å²) in [5.41, 5.74) is 9.15. The zero-order valence-electron chi connectivity index (χ0n) is 15.3. The zero-order valence-corrected chi connectivity index (χ0v) is 15.3. The Morgan fingerprint density at radius 1 is 1.11 bits per heavy atom. The van der Waals surface area contributed by atoms with E-state index in [1.807, 2.05) is 61.5 Å². The van der Waals surface area contributed by atoms with E-state index in [0.29, 0.717) is 11.3 Å². The van der Waals surface area contributed by atoms with Crippen LogP contribution in [0.1, 0.15) is 34.1 Å². The standard InChI is InChI=1S/C21H21N3O3/c1-3-26-21(25)19-14(2)16-11-7-8-12-17(16)23-18(19)13-27-24-20(22)15-9-5-4-6-10-15/h4-12H,3,13H2,1-2H3,(H2,22,24). The summed E-state index contributed by atoms with van der Waals surface area (Å²) in [5.74, 6) is -0.169. The molecule has 27 heavy (non-hydrogen) atoms. The lowest BCUT2D eigenvalue weighted by Crippen LogP contribution is -2.15. The van der Waals surface area contributed by atoms with Gasteiger partial charge < -0.3 is 15.3 Å². The molecule has 6 nitrogen and oxygen atoms in total. The summed E-state index contributed by atoms with van der Waals surface area (Å²) >= 11 is 0. The van der Waals surface area contributed by atoms with Crippen molar-refractivity contribution in [2.45, 2.75) is 20.5 Å². The maximum Gasteiger partial charge on any atom is 0.340 e. The molecular formula is C21H21N3O3. The average Bonchev–Trinajstić information content (AvgIpc) is 2.69. The summed E-state index contributed by atoms with van der Waals surface area (Å²) in [5, 5.41) is 4.85. The lowest BCUT2D eigenvalue weighted by atomic mass is 10.0. The van der Waals surface area contributed by atoms with Gasteiger partial charge in [0.2, 0.25) is 0 Å². The third-order valence-corrected chi connectivity index (χ3v) is 4.14. The van der Waals surface area contributed by atoms with Crippen LogP contribution in [0.4, 0.5) is 0 Å². The van der Waals surface area contributed by atoms with Gasteiger partial charge in [0.25, 0.3) is 0 Å². The quantitative estimate of drug-likeness (QED) is 0.313. The Labute approximate surface area is 157 Å². The van der Waals surface area contributed by atoms with Crippen LogP contribution in [-0.2, 0) is 16.2 Å². The molecule has 0 unspecified atom stereocenters. The smallest absolute Gasteiger partial charge is 0.340 e. The Morgan fingerprint density at radius 3 is 2.56 bits per heavy atom. The molecule has 0 saturated heterocycles. The minimum Gasteiger partial charge on any atom is -0.462 e. The van der Waals surface area contributed by atoms with Gasteiger partial charge in [-0.05, 0) is 25.5 Å². The van der Waals surface area contributed by atoms with Crippen LogP contribution in [0.15, 0.2) is 59.8 Å². The number of hydrogen-bond donors (Lipinski definition) is 1. The van der Waals surface area contributed by atoms with Gasteiger partial charge in [-0.3, -0.25) is 0 Å². The predicted molar refractivity (Wildman–Crippen MR) is 104 cm³/mol. The van der Waals surface area contributed by atoms with Gasteiger partial charge in [0.15, 0.2) is 12.4 Å². The minimum absolute atomic E-state index is 0.00730. The van der Waals surface area contributed by atoms with Crippen molar-refractivity contribution >= 4 is 22.7 Å². The van der Waals surface area contributed by atoms with Gasteiger partial charge in [-0.25, -0.2) is 9.78 Å². The maximum atomic E-state index is 12.5. The monoisotopic (exact) mass is 363 g/mol. The first-order chi connectivity index (χ1) is 13.1. The molecule has 0 radical (unpaired) electrons. The molecule has 2 aromatic carbocycles. The van der Waals surface area contributed by atoms with Crippen molar-refractivity contribution in [3.8, 4) is 0 Å². The van der Waals surface area contributed by atoms with Crippen molar-refractivity contribution in [2.24, 2.45) is 10.9 Å². The summed E-state index contributed by atoms with van der Waals surface area (Å²) in [6.07, 6.45) is 0. The summed E-state index contributed by atoms with van der Waals surface area (Å²) in [6, 6.07) is 16.9. The first-order valence-corrected chi connectivity index (χ1v) is 8.68. The molecule has 138 valence electrons. The highest BCUT2D eigenvalue weighted by Crippen LogP contribution is 2.24. The summed E-state index contributed by atoms with van der Waals surface area (Å²) < 4.78 is 5.20. The number of benzene rings is 2. The topological polar surface area (TPSA) is 86.8 Å². The Morgan fingerprint density at radius 2 is 1.81 bits per heavy atom. The molecule has 0 amide bonds. The van der Waals surface area contributed by atoms with Crippen LogP contribution < -0.4 is 5.73 Å². The van der Waals surface area contributed by atoms with Crippen molar-refractivity contribution in [1.29, 1.82) is 0 Å². The van der Waals surface area contributed by atoms with Gasteiger partial charge in [-0.1, -0.05) is 53.7 Å². The Hall–Kier alpha value is -3.41. The molecule has 0 spiro atoms. The number of pyridine rings is 1. The largest absolute Gasteiger partial charge is 0.462 e.